The van der Waals surface area contributed by atoms with E-state index in [4.69, 9.17) is 4.99 Å². The van der Waals surface area contributed by atoms with Gasteiger partial charge in [-0.3, -0.25) is 4.57 Å². The Kier molecular flexibility index (Phi) is 4.29. The minimum absolute atomic E-state index is 0.645. The monoisotopic (exact) mass is 487 g/mol. The highest BCUT2D eigenvalue weighted by Gasteiger charge is 2.23. The van der Waals surface area contributed by atoms with Crippen molar-refractivity contribution in [1.29, 1.82) is 5.26 Å². The standard InChI is InChI=1S/C33H21N5/c34-20-21-9-11-22(12-10-21)27-15-17-35-33(36-27)38-28-8-4-5-23-13-14-24-19-29-26(32(38)31(24)30(23)28)16-18-37(29)25-6-2-1-3-7-25/h1-16,18-19H,17H2,(H,35,36). The summed E-state index contributed by atoms with van der Waals surface area (Å²) >= 11 is 0. The van der Waals surface area contributed by atoms with E-state index in [9.17, 15) is 5.26 Å². The Morgan fingerprint density at radius 1 is 0.789 bits per heavy atom. The molecule has 0 amide bonds. The molecule has 0 bridgehead atoms. The first-order chi connectivity index (χ1) is 18.8. The van der Waals surface area contributed by atoms with E-state index in [-0.39, 0.29) is 0 Å². The van der Waals surface area contributed by atoms with Crippen LogP contribution in [0.25, 0.3) is 54.9 Å². The first-order valence-electron chi connectivity index (χ1n) is 12.7. The average Bonchev–Trinajstić information content (AvgIpc) is 3.56. The van der Waals surface area contributed by atoms with Crippen molar-refractivity contribution in [2.45, 2.75) is 0 Å². The summed E-state index contributed by atoms with van der Waals surface area (Å²) in [6.45, 7) is 0.668. The lowest BCUT2D eigenvalue weighted by Gasteiger charge is -2.18. The van der Waals surface area contributed by atoms with Crippen LogP contribution in [0, 0.1) is 11.3 Å². The molecule has 0 saturated carbocycles. The molecule has 1 N–H and O–H groups in total. The van der Waals surface area contributed by atoms with Crippen LogP contribution in [0.1, 0.15) is 11.1 Å². The molecule has 2 aromatic heterocycles. The number of nitrogens with one attached hydrogen (secondary N) is 1. The Bertz CT molecular complexity index is 2120. The molecular formula is C33H21N5. The van der Waals surface area contributed by atoms with Crippen molar-refractivity contribution in [1.82, 2.24) is 14.5 Å². The largest absolute Gasteiger partial charge is 0.352 e. The lowest BCUT2D eigenvalue weighted by molar-refractivity contribution is 0.962. The zero-order chi connectivity index (χ0) is 25.2. The fourth-order valence-electron chi connectivity index (χ4n) is 5.86. The summed E-state index contributed by atoms with van der Waals surface area (Å²) < 4.78 is 4.55. The Balaban J connectivity index is 1.44. The third kappa shape index (κ3) is 2.89. The minimum atomic E-state index is 0.645. The van der Waals surface area contributed by atoms with Gasteiger partial charge in [-0.1, -0.05) is 54.6 Å². The molecule has 0 atom stereocenters. The number of hydrogen-bond donors (Lipinski definition) is 1. The number of rotatable bonds is 2. The predicted molar refractivity (Wildman–Crippen MR) is 155 cm³/mol. The molecule has 8 rings (SSSR count). The molecule has 7 aromatic rings. The zero-order valence-electron chi connectivity index (χ0n) is 20.4. The van der Waals surface area contributed by atoms with Gasteiger partial charge in [0, 0.05) is 40.2 Å². The number of benzene rings is 5. The number of fused-ring (bicyclic) bond motifs is 2. The number of hydrogen-bond acceptors (Lipinski definition) is 3. The first-order valence-corrected chi connectivity index (χ1v) is 12.7. The van der Waals surface area contributed by atoms with Crippen LogP contribution in [0.4, 0.5) is 0 Å². The van der Waals surface area contributed by atoms with Crippen molar-refractivity contribution in [3.8, 4) is 11.8 Å². The Morgan fingerprint density at radius 3 is 2.47 bits per heavy atom. The second kappa shape index (κ2) is 7.83. The third-order valence-electron chi connectivity index (χ3n) is 7.57. The molecule has 5 aromatic carbocycles. The van der Waals surface area contributed by atoms with E-state index >= 15 is 0 Å². The molecule has 1 aliphatic heterocycles. The molecule has 178 valence electrons. The van der Waals surface area contributed by atoms with Crippen LogP contribution in [-0.2, 0) is 0 Å². The fraction of sp³-hybridized carbons (Fsp3) is 0.0303. The van der Waals surface area contributed by atoms with Gasteiger partial charge in [0.05, 0.1) is 33.9 Å². The van der Waals surface area contributed by atoms with Crippen LogP contribution in [-0.4, -0.2) is 21.6 Å². The lowest BCUT2D eigenvalue weighted by atomic mass is 10.0. The van der Waals surface area contributed by atoms with Gasteiger partial charge in [0.25, 0.3) is 0 Å². The van der Waals surface area contributed by atoms with Gasteiger partial charge in [-0.25, -0.2) is 4.99 Å². The van der Waals surface area contributed by atoms with Crippen molar-refractivity contribution < 1.29 is 0 Å². The van der Waals surface area contributed by atoms with Crippen LogP contribution in [0.5, 0.6) is 0 Å². The number of aromatic nitrogens is 2. The molecule has 3 heterocycles. The van der Waals surface area contributed by atoms with E-state index in [1.807, 2.05) is 30.3 Å². The third-order valence-corrected chi connectivity index (χ3v) is 7.57. The Morgan fingerprint density at radius 2 is 1.63 bits per heavy atom. The predicted octanol–water partition coefficient (Wildman–Crippen LogP) is 7.05. The molecule has 5 heteroatoms. The van der Waals surface area contributed by atoms with Gasteiger partial charge >= 0.3 is 0 Å². The van der Waals surface area contributed by atoms with Crippen LogP contribution >= 0.6 is 0 Å². The topological polar surface area (TPSA) is 58.0 Å². The summed E-state index contributed by atoms with van der Waals surface area (Å²) in [6.07, 6.45) is 4.25. The second-order valence-electron chi connectivity index (χ2n) is 9.65. The highest BCUT2D eigenvalue weighted by atomic mass is 15.2. The summed E-state index contributed by atoms with van der Waals surface area (Å²) in [5, 5.41) is 18.9. The van der Waals surface area contributed by atoms with Crippen molar-refractivity contribution in [3.05, 3.63) is 120 Å². The van der Waals surface area contributed by atoms with E-state index in [2.05, 4.69) is 99.5 Å². The van der Waals surface area contributed by atoms with Crippen molar-refractivity contribution in [2.75, 3.05) is 6.54 Å². The molecule has 1 aliphatic rings. The molecule has 38 heavy (non-hydrogen) atoms. The fourth-order valence-corrected chi connectivity index (χ4v) is 5.86. The highest BCUT2D eigenvalue weighted by Crippen LogP contribution is 2.41. The Labute approximate surface area is 218 Å². The van der Waals surface area contributed by atoms with Crippen molar-refractivity contribution >= 4 is 55.1 Å². The maximum absolute atomic E-state index is 9.21. The molecule has 5 nitrogen and oxygen atoms in total. The van der Waals surface area contributed by atoms with Gasteiger partial charge < -0.3 is 9.88 Å². The van der Waals surface area contributed by atoms with Crippen LogP contribution < -0.4 is 5.32 Å². The van der Waals surface area contributed by atoms with E-state index in [0.717, 1.165) is 39.5 Å². The summed E-state index contributed by atoms with van der Waals surface area (Å²) in [4.78, 5) is 5.12. The van der Waals surface area contributed by atoms with Gasteiger partial charge in [0.2, 0.25) is 5.96 Å². The van der Waals surface area contributed by atoms with Crippen molar-refractivity contribution in [2.24, 2.45) is 4.99 Å². The zero-order valence-corrected chi connectivity index (χ0v) is 20.4. The average molecular weight is 488 g/mol. The maximum atomic E-state index is 9.21. The van der Waals surface area contributed by atoms with Gasteiger partial charge in [-0.05, 0) is 59.3 Å². The van der Waals surface area contributed by atoms with Crippen LogP contribution in [0.2, 0.25) is 0 Å². The SMILES string of the molecule is N#Cc1ccc(C2=CCNC(n3c4cccc5ccc6cc7c(ccn7-c7ccccc7)c3c6c54)=N2)cc1. The lowest BCUT2D eigenvalue weighted by Crippen LogP contribution is -2.32. The number of nitrogens with zero attached hydrogens (tertiary/aromatic N) is 4. The molecule has 0 spiro atoms. The number of aliphatic imine (C=N–C) groups is 1. The normalized spacial score (nSPS) is 13.7. The minimum Gasteiger partial charge on any atom is -0.352 e. The molecule has 0 fully saturated rings. The maximum Gasteiger partial charge on any atom is 0.208 e. The van der Waals surface area contributed by atoms with Gasteiger partial charge in [0.1, 0.15) is 0 Å². The quantitative estimate of drug-likeness (QED) is 0.266. The molecular weight excluding hydrogens is 466 g/mol. The van der Waals surface area contributed by atoms with E-state index in [0.29, 0.717) is 12.1 Å². The molecule has 0 aliphatic carbocycles. The van der Waals surface area contributed by atoms with Gasteiger partial charge in [-0.15, -0.1) is 0 Å². The van der Waals surface area contributed by atoms with E-state index in [1.165, 1.54) is 26.9 Å². The Hall–Kier alpha value is -5.34. The summed E-state index contributed by atoms with van der Waals surface area (Å²) in [5.41, 5.74) is 7.13. The summed E-state index contributed by atoms with van der Waals surface area (Å²) in [7, 11) is 0. The van der Waals surface area contributed by atoms with Crippen molar-refractivity contribution in [3.63, 3.8) is 0 Å². The highest BCUT2D eigenvalue weighted by molar-refractivity contribution is 6.31. The van der Waals surface area contributed by atoms with Crippen LogP contribution in [0.15, 0.2) is 114 Å². The van der Waals surface area contributed by atoms with E-state index in [1.54, 1.807) is 0 Å². The second-order valence-corrected chi connectivity index (χ2v) is 9.65. The number of para-hydroxylation sites is 1. The number of nitriles is 1. The first kappa shape index (κ1) is 20.8. The summed E-state index contributed by atoms with van der Waals surface area (Å²) in [5.74, 6) is 0.803. The summed E-state index contributed by atoms with van der Waals surface area (Å²) in [6, 6.07) is 35.8. The van der Waals surface area contributed by atoms with Gasteiger partial charge in [-0.2, -0.15) is 5.26 Å². The smallest absolute Gasteiger partial charge is 0.208 e. The van der Waals surface area contributed by atoms with E-state index < -0.39 is 0 Å². The van der Waals surface area contributed by atoms with Crippen LogP contribution in [0.3, 0.4) is 0 Å². The molecule has 0 unspecified atom stereocenters. The molecule has 0 saturated heterocycles. The molecule has 0 radical (unpaired) electrons. The van der Waals surface area contributed by atoms with Gasteiger partial charge in [0.15, 0.2) is 0 Å².